The van der Waals surface area contributed by atoms with Gasteiger partial charge in [-0.05, 0) is 18.6 Å². The zero-order chi connectivity index (χ0) is 14.4. The third kappa shape index (κ3) is 3.18. The van der Waals surface area contributed by atoms with E-state index in [0.29, 0.717) is 6.54 Å². The van der Waals surface area contributed by atoms with E-state index < -0.39 is 5.54 Å². The Morgan fingerprint density at radius 2 is 1.70 bits per heavy atom. The molecule has 0 aliphatic carbocycles. The van der Waals surface area contributed by atoms with Crippen molar-refractivity contribution in [2.45, 2.75) is 19.0 Å². The molecule has 2 aromatic carbocycles. The molecule has 20 heavy (non-hydrogen) atoms. The largest absolute Gasteiger partial charge is 0.496 e. The molecule has 0 fully saturated rings. The van der Waals surface area contributed by atoms with Gasteiger partial charge in [0.2, 0.25) is 0 Å². The molecule has 0 bridgehead atoms. The Morgan fingerprint density at radius 1 is 1.05 bits per heavy atom. The van der Waals surface area contributed by atoms with Gasteiger partial charge in [-0.25, -0.2) is 0 Å². The molecule has 3 nitrogen and oxygen atoms in total. The Morgan fingerprint density at radius 3 is 2.35 bits per heavy atom. The van der Waals surface area contributed by atoms with E-state index in [1.54, 1.807) is 7.11 Å². The van der Waals surface area contributed by atoms with Crippen LogP contribution in [0.4, 0.5) is 0 Å². The van der Waals surface area contributed by atoms with Gasteiger partial charge in [0.15, 0.2) is 0 Å². The van der Waals surface area contributed by atoms with Crippen LogP contribution in [0.1, 0.15) is 18.1 Å². The summed E-state index contributed by atoms with van der Waals surface area (Å²) in [5.74, 6) is 0.855. The van der Waals surface area contributed by atoms with Crippen LogP contribution in [0.3, 0.4) is 0 Å². The number of ether oxygens (including phenoxy) is 1. The number of benzene rings is 2. The van der Waals surface area contributed by atoms with E-state index in [1.165, 1.54) is 0 Å². The second-order valence-corrected chi connectivity index (χ2v) is 5.02. The molecule has 3 heteroatoms. The van der Waals surface area contributed by atoms with Gasteiger partial charge < -0.3 is 15.2 Å². The first-order valence-electron chi connectivity index (χ1n) is 6.73. The summed E-state index contributed by atoms with van der Waals surface area (Å²) in [6.07, 6.45) is 0. The van der Waals surface area contributed by atoms with Crippen LogP contribution in [0.15, 0.2) is 54.6 Å². The number of nitrogens with one attached hydrogen (secondary N) is 1. The van der Waals surface area contributed by atoms with E-state index in [-0.39, 0.29) is 6.61 Å². The van der Waals surface area contributed by atoms with Crippen molar-refractivity contribution in [3.8, 4) is 5.75 Å². The van der Waals surface area contributed by atoms with E-state index >= 15 is 0 Å². The quantitative estimate of drug-likeness (QED) is 0.849. The zero-order valence-corrected chi connectivity index (χ0v) is 12.0. The van der Waals surface area contributed by atoms with E-state index in [9.17, 15) is 5.11 Å². The molecule has 2 N–H and O–H groups in total. The lowest BCUT2D eigenvalue weighted by molar-refractivity contribution is 0.173. The summed E-state index contributed by atoms with van der Waals surface area (Å²) in [6, 6.07) is 17.9. The summed E-state index contributed by atoms with van der Waals surface area (Å²) < 4.78 is 5.35. The second-order valence-electron chi connectivity index (χ2n) is 5.02. The van der Waals surface area contributed by atoms with E-state index in [1.807, 2.05) is 61.5 Å². The minimum absolute atomic E-state index is 0.0339. The van der Waals surface area contributed by atoms with Gasteiger partial charge in [0, 0.05) is 12.1 Å². The van der Waals surface area contributed by atoms with Gasteiger partial charge in [-0.3, -0.25) is 0 Å². The molecule has 0 spiro atoms. The Hall–Kier alpha value is -1.84. The summed E-state index contributed by atoms with van der Waals surface area (Å²) in [6.45, 7) is 2.67. The average molecular weight is 271 g/mol. The maximum atomic E-state index is 9.75. The average Bonchev–Trinajstić information content (AvgIpc) is 2.53. The van der Waals surface area contributed by atoms with Crippen LogP contribution in [0.25, 0.3) is 0 Å². The predicted molar refractivity (Wildman–Crippen MR) is 80.7 cm³/mol. The molecule has 2 rings (SSSR count). The zero-order valence-electron chi connectivity index (χ0n) is 12.0. The van der Waals surface area contributed by atoms with Gasteiger partial charge in [0.1, 0.15) is 5.75 Å². The van der Waals surface area contributed by atoms with Crippen LogP contribution in [0, 0.1) is 0 Å². The highest BCUT2D eigenvalue weighted by Gasteiger charge is 2.25. The lowest BCUT2D eigenvalue weighted by Gasteiger charge is -2.30. The highest BCUT2D eigenvalue weighted by atomic mass is 16.5. The third-order valence-corrected chi connectivity index (χ3v) is 3.59. The van der Waals surface area contributed by atoms with Gasteiger partial charge >= 0.3 is 0 Å². The van der Waals surface area contributed by atoms with Crippen LogP contribution < -0.4 is 10.1 Å². The van der Waals surface area contributed by atoms with Crippen molar-refractivity contribution in [3.05, 3.63) is 65.7 Å². The van der Waals surface area contributed by atoms with Crippen LogP contribution >= 0.6 is 0 Å². The summed E-state index contributed by atoms with van der Waals surface area (Å²) in [5.41, 5.74) is 1.67. The highest BCUT2D eigenvalue weighted by molar-refractivity contribution is 5.33. The van der Waals surface area contributed by atoms with Crippen LogP contribution in [-0.2, 0) is 12.1 Å². The smallest absolute Gasteiger partial charge is 0.123 e. The SMILES string of the molecule is COc1ccccc1CNC(C)(CO)c1ccccc1. The summed E-state index contributed by atoms with van der Waals surface area (Å²) in [7, 11) is 1.67. The Balaban J connectivity index is 2.15. The minimum Gasteiger partial charge on any atom is -0.496 e. The third-order valence-electron chi connectivity index (χ3n) is 3.59. The molecule has 0 aromatic heterocycles. The lowest BCUT2D eigenvalue weighted by atomic mass is 9.92. The standard InChI is InChI=1S/C17H21NO2/c1-17(13-19,15-9-4-3-5-10-15)18-12-14-8-6-7-11-16(14)20-2/h3-11,18-19H,12-13H2,1-2H3. The van der Waals surface area contributed by atoms with Crippen LogP contribution in [0.5, 0.6) is 5.75 Å². The maximum absolute atomic E-state index is 9.75. The monoisotopic (exact) mass is 271 g/mol. The van der Waals surface area contributed by atoms with Crippen molar-refractivity contribution in [2.24, 2.45) is 0 Å². The van der Waals surface area contributed by atoms with Crippen molar-refractivity contribution in [1.82, 2.24) is 5.32 Å². The minimum atomic E-state index is -0.470. The van der Waals surface area contributed by atoms with Crippen molar-refractivity contribution in [1.29, 1.82) is 0 Å². The van der Waals surface area contributed by atoms with Gasteiger partial charge in [0.05, 0.1) is 19.3 Å². The summed E-state index contributed by atoms with van der Waals surface area (Å²) >= 11 is 0. The molecule has 106 valence electrons. The lowest BCUT2D eigenvalue weighted by Crippen LogP contribution is -2.42. The molecular weight excluding hydrogens is 250 g/mol. The highest BCUT2D eigenvalue weighted by Crippen LogP contribution is 2.23. The number of aliphatic hydroxyl groups is 1. The first-order valence-corrected chi connectivity index (χ1v) is 6.73. The van der Waals surface area contributed by atoms with E-state index in [2.05, 4.69) is 5.32 Å². The molecule has 0 radical (unpaired) electrons. The van der Waals surface area contributed by atoms with Crippen molar-refractivity contribution in [2.75, 3.05) is 13.7 Å². The number of hydrogen-bond donors (Lipinski definition) is 2. The van der Waals surface area contributed by atoms with Crippen LogP contribution in [-0.4, -0.2) is 18.8 Å². The second kappa shape index (κ2) is 6.55. The molecule has 0 saturated heterocycles. The molecule has 1 unspecified atom stereocenters. The molecule has 0 aliphatic rings. The number of methoxy groups -OCH3 is 1. The number of rotatable bonds is 6. The predicted octanol–water partition coefficient (Wildman–Crippen LogP) is 2.69. The first-order chi connectivity index (χ1) is 9.69. The van der Waals surface area contributed by atoms with Crippen molar-refractivity contribution < 1.29 is 9.84 Å². The first kappa shape index (κ1) is 14.6. The molecule has 0 heterocycles. The number of hydrogen-bond acceptors (Lipinski definition) is 3. The normalized spacial score (nSPS) is 13.8. The van der Waals surface area contributed by atoms with Gasteiger partial charge in [0.25, 0.3) is 0 Å². The van der Waals surface area contributed by atoms with Crippen molar-refractivity contribution >= 4 is 0 Å². The molecule has 2 aromatic rings. The van der Waals surface area contributed by atoms with Gasteiger partial charge in [-0.15, -0.1) is 0 Å². The van der Waals surface area contributed by atoms with E-state index in [0.717, 1.165) is 16.9 Å². The topological polar surface area (TPSA) is 41.5 Å². The Kier molecular flexibility index (Phi) is 4.77. The fourth-order valence-corrected chi connectivity index (χ4v) is 2.19. The Labute approximate surface area is 120 Å². The molecule has 0 aliphatic heterocycles. The van der Waals surface area contributed by atoms with Crippen LogP contribution in [0.2, 0.25) is 0 Å². The number of para-hydroxylation sites is 1. The summed E-state index contributed by atoms with van der Waals surface area (Å²) in [5, 5.41) is 13.2. The maximum Gasteiger partial charge on any atom is 0.123 e. The Bertz CT molecular complexity index is 542. The van der Waals surface area contributed by atoms with Gasteiger partial charge in [-0.2, -0.15) is 0 Å². The van der Waals surface area contributed by atoms with Crippen molar-refractivity contribution in [3.63, 3.8) is 0 Å². The fraction of sp³-hybridized carbons (Fsp3) is 0.294. The number of aliphatic hydroxyl groups excluding tert-OH is 1. The molecular formula is C17H21NO2. The van der Waals surface area contributed by atoms with Gasteiger partial charge in [-0.1, -0.05) is 48.5 Å². The van der Waals surface area contributed by atoms with E-state index in [4.69, 9.17) is 4.74 Å². The molecule has 0 saturated carbocycles. The fourth-order valence-electron chi connectivity index (χ4n) is 2.19. The molecule has 0 amide bonds. The summed E-state index contributed by atoms with van der Waals surface area (Å²) in [4.78, 5) is 0. The molecule has 1 atom stereocenters.